The number of nitrogens with two attached hydrogens (primary N) is 1. The Kier molecular flexibility index (Phi) is 9.20. The summed E-state index contributed by atoms with van der Waals surface area (Å²) in [5.41, 5.74) is 9.85. The first-order valence-corrected chi connectivity index (χ1v) is 12.4. The number of carbonyl (C=O) groups excluding carboxylic acids is 2. The van der Waals surface area contributed by atoms with Gasteiger partial charge in [-0.1, -0.05) is 42.5 Å². The number of benzene rings is 3. The molecule has 0 aliphatic carbocycles. The quantitative estimate of drug-likeness (QED) is 0.113. The highest BCUT2D eigenvalue weighted by molar-refractivity contribution is 5.86. The maximum absolute atomic E-state index is 12.3. The number of hydrogen-bond donors (Lipinski definition) is 3. The number of para-hydroxylation sites is 1. The van der Waals surface area contributed by atoms with E-state index in [1.54, 1.807) is 32.4 Å². The second kappa shape index (κ2) is 13.2. The summed E-state index contributed by atoms with van der Waals surface area (Å²) in [5.74, 6) is 1.41. The fraction of sp³-hybridized carbons (Fsp3) is 0.200. The fourth-order valence-electron chi connectivity index (χ4n) is 3.96. The highest BCUT2D eigenvalue weighted by Gasteiger charge is 2.16. The number of hydrogen-bond acceptors (Lipinski definition) is 7. The average molecular weight is 530 g/mol. The molecule has 4 N–H and O–H groups in total. The third-order valence-corrected chi connectivity index (χ3v) is 6.00. The summed E-state index contributed by atoms with van der Waals surface area (Å²) >= 11 is 0. The van der Waals surface area contributed by atoms with Gasteiger partial charge in [0.25, 0.3) is 0 Å². The van der Waals surface area contributed by atoms with Crippen molar-refractivity contribution in [2.45, 2.75) is 12.5 Å². The lowest BCUT2D eigenvalue weighted by Gasteiger charge is -2.12. The Bertz CT molecular complexity index is 1420. The van der Waals surface area contributed by atoms with Crippen LogP contribution in [-0.4, -0.2) is 50.5 Å². The zero-order valence-electron chi connectivity index (χ0n) is 21.8. The van der Waals surface area contributed by atoms with Crippen molar-refractivity contribution in [3.8, 4) is 17.2 Å². The summed E-state index contributed by atoms with van der Waals surface area (Å²) in [5, 5.41) is 3.72. The number of carbonyl (C=O) groups is 2. The summed E-state index contributed by atoms with van der Waals surface area (Å²) < 4.78 is 20.8. The van der Waals surface area contributed by atoms with Crippen LogP contribution in [0.1, 0.15) is 16.7 Å². The molecule has 202 valence electrons. The van der Waals surface area contributed by atoms with Gasteiger partial charge >= 0.3 is 6.16 Å². The normalized spacial score (nSPS) is 11.8. The molecule has 3 aromatic carbocycles. The number of amides is 1. The molecule has 1 amide bonds. The Morgan fingerprint density at radius 2 is 1.62 bits per heavy atom. The van der Waals surface area contributed by atoms with E-state index < -0.39 is 12.2 Å². The summed E-state index contributed by atoms with van der Waals surface area (Å²) in [7, 11) is 3.20. The molecule has 0 radical (unpaired) electrons. The average Bonchev–Trinajstić information content (AvgIpc) is 3.37. The van der Waals surface area contributed by atoms with E-state index >= 15 is 0 Å². The Hall–Kier alpha value is -4.76. The SMILES string of the molecule is COc1cc(C=Cc2ccc(OC(=O)OCCNC(=O)C(N)Cc3c[nH]c4ccccc34)cc2)cc(OC)c1. The molecule has 39 heavy (non-hydrogen) atoms. The van der Waals surface area contributed by atoms with Gasteiger partial charge in [-0.15, -0.1) is 0 Å². The largest absolute Gasteiger partial charge is 0.513 e. The number of H-pyrrole nitrogens is 1. The minimum absolute atomic E-state index is 0.0464. The van der Waals surface area contributed by atoms with E-state index in [1.807, 2.05) is 66.9 Å². The predicted molar refractivity (Wildman–Crippen MR) is 150 cm³/mol. The first-order chi connectivity index (χ1) is 18.9. The van der Waals surface area contributed by atoms with Crippen LogP contribution < -0.4 is 25.3 Å². The molecule has 0 aliphatic rings. The fourth-order valence-corrected chi connectivity index (χ4v) is 3.96. The zero-order chi connectivity index (χ0) is 27.6. The van der Waals surface area contributed by atoms with E-state index in [1.165, 1.54) is 0 Å². The predicted octanol–water partition coefficient (Wildman–Crippen LogP) is 4.56. The molecule has 0 bridgehead atoms. The second-order valence-electron chi connectivity index (χ2n) is 8.71. The standard InChI is InChI=1S/C30H31N3O6/c1-36-24-15-21(16-25(18-24)37-2)8-7-20-9-11-23(12-10-20)39-30(35)38-14-13-32-29(34)27(31)17-22-19-33-28-6-4-3-5-26(22)28/h3-12,15-16,18-19,27,33H,13-14,17,31H2,1-2H3,(H,32,34). The maximum Gasteiger partial charge on any atom is 0.513 e. The molecule has 0 spiro atoms. The lowest BCUT2D eigenvalue weighted by Crippen LogP contribution is -2.43. The van der Waals surface area contributed by atoms with Crippen molar-refractivity contribution in [3.63, 3.8) is 0 Å². The maximum atomic E-state index is 12.3. The Labute approximate surface area is 226 Å². The zero-order valence-corrected chi connectivity index (χ0v) is 21.8. The molecule has 0 saturated carbocycles. The van der Waals surface area contributed by atoms with Gasteiger partial charge in [0.2, 0.25) is 5.91 Å². The summed E-state index contributed by atoms with van der Waals surface area (Å²) in [4.78, 5) is 27.5. The van der Waals surface area contributed by atoms with Gasteiger partial charge in [-0.25, -0.2) is 4.79 Å². The Morgan fingerprint density at radius 3 is 2.33 bits per heavy atom. The number of aromatic amines is 1. The van der Waals surface area contributed by atoms with Gasteiger partial charge in [0, 0.05) is 23.2 Å². The third-order valence-electron chi connectivity index (χ3n) is 6.00. The van der Waals surface area contributed by atoms with Crippen LogP contribution in [-0.2, 0) is 16.0 Å². The summed E-state index contributed by atoms with van der Waals surface area (Å²) in [6.07, 6.45) is 5.23. The Balaban J connectivity index is 1.18. The van der Waals surface area contributed by atoms with E-state index in [0.29, 0.717) is 23.7 Å². The van der Waals surface area contributed by atoms with Gasteiger partial charge < -0.3 is 35.0 Å². The van der Waals surface area contributed by atoms with E-state index in [9.17, 15) is 9.59 Å². The van der Waals surface area contributed by atoms with E-state index in [2.05, 4.69) is 10.3 Å². The van der Waals surface area contributed by atoms with Crippen molar-refractivity contribution in [1.82, 2.24) is 10.3 Å². The van der Waals surface area contributed by atoms with Gasteiger partial charge in [-0.05, 0) is 53.4 Å². The van der Waals surface area contributed by atoms with Crippen LogP contribution in [0, 0.1) is 0 Å². The topological polar surface area (TPSA) is 125 Å². The van der Waals surface area contributed by atoms with Crippen LogP contribution in [0.25, 0.3) is 23.1 Å². The van der Waals surface area contributed by atoms with Crippen LogP contribution in [0.15, 0.2) is 72.9 Å². The lowest BCUT2D eigenvalue weighted by molar-refractivity contribution is -0.122. The number of aromatic nitrogens is 1. The smallest absolute Gasteiger partial charge is 0.497 e. The van der Waals surface area contributed by atoms with Crippen molar-refractivity contribution in [2.24, 2.45) is 5.73 Å². The van der Waals surface area contributed by atoms with Crippen molar-refractivity contribution < 1.29 is 28.5 Å². The van der Waals surface area contributed by atoms with Crippen molar-refractivity contribution in [3.05, 3.63) is 89.6 Å². The minimum atomic E-state index is -0.862. The van der Waals surface area contributed by atoms with Crippen molar-refractivity contribution >= 4 is 35.1 Å². The highest BCUT2D eigenvalue weighted by atomic mass is 16.7. The molecule has 4 aromatic rings. The van der Waals surface area contributed by atoms with Crippen LogP contribution in [0.5, 0.6) is 17.2 Å². The molecular weight excluding hydrogens is 498 g/mol. The van der Waals surface area contributed by atoms with Gasteiger partial charge in [0.15, 0.2) is 0 Å². The molecule has 0 aliphatic heterocycles. The van der Waals surface area contributed by atoms with Crippen molar-refractivity contribution in [1.29, 1.82) is 0 Å². The minimum Gasteiger partial charge on any atom is -0.497 e. The van der Waals surface area contributed by atoms with Crippen LogP contribution in [0.4, 0.5) is 4.79 Å². The van der Waals surface area contributed by atoms with Gasteiger partial charge in [0.1, 0.15) is 23.9 Å². The van der Waals surface area contributed by atoms with Crippen molar-refractivity contribution in [2.75, 3.05) is 27.4 Å². The Morgan fingerprint density at radius 1 is 0.923 bits per heavy atom. The van der Waals surface area contributed by atoms with E-state index in [-0.39, 0.29) is 19.1 Å². The lowest BCUT2D eigenvalue weighted by atomic mass is 10.1. The van der Waals surface area contributed by atoms with E-state index in [0.717, 1.165) is 27.6 Å². The van der Waals surface area contributed by atoms with Crippen LogP contribution in [0.3, 0.4) is 0 Å². The van der Waals surface area contributed by atoms with Gasteiger partial charge in [0.05, 0.1) is 26.8 Å². The monoisotopic (exact) mass is 529 g/mol. The van der Waals surface area contributed by atoms with E-state index in [4.69, 9.17) is 24.7 Å². The number of ether oxygens (including phenoxy) is 4. The number of methoxy groups -OCH3 is 2. The molecular formula is C30H31N3O6. The molecule has 0 fully saturated rings. The second-order valence-corrected chi connectivity index (χ2v) is 8.71. The molecule has 4 rings (SSSR count). The van der Waals surface area contributed by atoms with Gasteiger partial charge in [-0.3, -0.25) is 4.79 Å². The van der Waals surface area contributed by atoms with Gasteiger partial charge in [-0.2, -0.15) is 0 Å². The van der Waals surface area contributed by atoms with Crippen LogP contribution >= 0.6 is 0 Å². The summed E-state index contributed by atoms with van der Waals surface area (Å²) in [6, 6.07) is 19.6. The molecule has 1 atom stereocenters. The molecule has 1 aromatic heterocycles. The molecule has 0 saturated heterocycles. The number of fused-ring (bicyclic) bond motifs is 1. The first kappa shape index (κ1) is 27.3. The molecule has 1 unspecified atom stereocenters. The molecule has 9 heteroatoms. The molecule has 9 nitrogen and oxygen atoms in total. The number of nitrogens with one attached hydrogen (secondary N) is 2. The number of rotatable bonds is 11. The summed E-state index contributed by atoms with van der Waals surface area (Å²) in [6.45, 7) is 0.0729. The first-order valence-electron chi connectivity index (χ1n) is 12.4. The third kappa shape index (κ3) is 7.62. The molecule has 1 heterocycles. The highest BCUT2D eigenvalue weighted by Crippen LogP contribution is 2.24. The van der Waals surface area contributed by atoms with Crippen LogP contribution in [0.2, 0.25) is 0 Å².